The standard InChI is InChI=1S/C17H19NO3/c19-12-10-18(11-13-20)16-8-6-15(7-9-16)17(21)14-4-2-1-3-5-14/h1-9,19-20H,10-13H2. The predicted molar refractivity (Wildman–Crippen MR) is 82.7 cm³/mol. The maximum Gasteiger partial charge on any atom is 0.193 e. The monoisotopic (exact) mass is 285 g/mol. The number of hydrogen-bond acceptors (Lipinski definition) is 4. The van der Waals surface area contributed by atoms with Gasteiger partial charge in [-0.15, -0.1) is 0 Å². The van der Waals surface area contributed by atoms with Crippen molar-refractivity contribution in [3.63, 3.8) is 0 Å². The van der Waals surface area contributed by atoms with Crippen molar-refractivity contribution in [2.24, 2.45) is 0 Å². The summed E-state index contributed by atoms with van der Waals surface area (Å²) in [6, 6.07) is 16.3. The molecule has 0 aliphatic heterocycles. The number of ketones is 1. The highest BCUT2D eigenvalue weighted by Crippen LogP contribution is 2.17. The highest BCUT2D eigenvalue weighted by molar-refractivity contribution is 6.09. The van der Waals surface area contributed by atoms with Crippen molar-refractivity contribution in [2.75, 3.05) is 31.2 Å². The Morgan fingerprint density at radius 3 is 1.86 bits per heavy atom. The van der Waals surface area contributed by atoms with E-state index in [1.165, 1.54) is 0 Å². The molecule has 0 bridgehead atoms. The van der Waals surface area contributed by atoms with Crippen molar-refractivity contribution in [3.8, 4) is 0 Å². The maximum absolute atomic E-state index is 12.3. The summed E-state index contributed by atoms with van der Waals surface area (Å²) in [4.78, 5) is 14.2. The second kappa shape index (κ2) is 7.57. The van der Waals surface area contributed by atoms with Gasteiger partial charge in [-0.2, -0.15) is 0 Å². The van der Waals surface area contributed by atoms with Gasteiger partial charge in [0, 0.05) is 29.9 Å². The summed E-state index contributed by atoms with van der Waals surface area (Å²) < 4.78 is 0. The molecule has 0 heterocycles. The van der Waals surface area contributed by atoms with Crippen LogP contribution in [0.5, 0.6) is 0 Å². The van der Waals surface area contributed by atoms with Crippen LogP contribution in [-0.2, 0) is 0 Å². The Balaban J connectivity index is 2.16. The van der Waals surface area contributed by atoms with Gasteiger partial charge in [0.15, 0.2) is 5.78 Å². The van der Waals surface area contributed by atoms with E-state index < -0.39 is 0 Å². The molecular weight excluding hydrogens is 266 g/mol. The van der Waals surface area contributed by atoms with E-state index in [1.54, 1.807) is 24.3 Å². The number of carbonyl (C=O) groups excluding carboxylic acids is 1. The molecule has 0 spiro atoms. The molecule has 0 fully saturated rings. The normalized spacial score (nSPS) is 10.4. The van der Waals surface area contributed by atoms with E-state index in [0.29, 0.717) is 24.2 Å². The number of hydrogen-bond donors (Lipinski definition) is 2. The lowest BCUT2D eigenvalue weighted by Gasteiger charge is -2.23. The lowest BCUT2D eigenvalue weighted by Crippen LogP contribution is -2.29. The zero-order chi connectivity index (χ0) is 15.1. The van der Waals surface area contributed by atoms with Crippen LogP contribution in [0.25, 0.3) is 0 Å². The molecule has 2 aromatic rings. The van der Waals surface area contributed by atoms with Gasteiger partial charge in [-0.3, -0.25) is 4.79 Å². The fourth-order valence-corrected chi connectivity index (χ4v) is 2.19. The third-order valence-electron chi connectivity index (χ3n) is 3.27. The van der Waals surface area contributed by atoms with Crippen LogP contribution in [0, 0.1) is 0 Å². The highest BCUT2D eigenvalue weighted by atomic mass is 16.3. The number of carbonyl (C=O) groups is 1. The van der Waals surface area contributed by atoms with Crippen molar-refractivity contribution in [1.82, 2.24) is 0 Å². The minimum absolute atomic E-state index is 0.0157. The lowest BCUT2D eigenvalue weighted by molar-refractivity contribution is 0.103. The Bertz CT molecular complexity index is 560. The van der Waals surface area contributed by atoms with Crippen LogP contribution in [0.3, 0.4) is 0 Å². The van der Waals surface area contributed by atoms with Crippen molar-refractivity contribution in [3.05, 3.63) is 65.7 Å². The number of rotatable bonds is 7. The fourth-order valence-electron chi connectivity index (χ4n) is 2.19. The van der Waals surface area contributed by atoms with Gasteiger partial charge in [-0.25, -0.2) is 0 Å². The van der Waals surface area contributed by atoms with Gasteiger partial charge in [0.25, 0.3) is 0 Å². The number of anilines is 1. The van der Waals surface area contributed by atoms with Crippen molar-refractivity contribution in [2.45, 2.75) is 0 Å². The summed E-state index contributed by atoms with van der Waals surface area (Å²) in [5.41, 5.74) is 2.16. The number of nitrogens with zero attached hydrogens (tertiary/aromatic N) is 1. The van der Waals surface area contributed by atoms with Crippen molar-refractivity contribution < 1.29 is 15.0 Å². The second-order valence-electron chi connectivity index (χ2n) is 4.68. The molecule has 110 valence electrons. The maximum atomic E-state index is 12.3. The van der Waals surface area contributed by atoms with E-state index in [-0.39, 0.29) is 19.0 Å². The first-order valence-corrected chi connectivity index (χ1v) is 6.92. The molecule has 0 saturated carbocycles. The molecule has 0 aliphatic rings. The molecule has 2 N–H and O–H groups in total. The molecule has 4 nitrogen and oxygen atoms in total. The summed E-state index contributed by atoms with van der Waals surface area (Å²) >= 11 is 0. The third-order valence-corrected chi connectivity index (χ3v) is 3.27. The third kappa shape index (κ3) is 3.90. The first-order chi connectivity index (χ1) is 10.3. The van der Waals surface area contributed by atoms with E-state index in [0.717, 1.165) is 5.69 Å². The van der Waals surface area contributed by atoms with Gasteiger partial charge in [0.2, 0.25) is 0 Å². The molecule has 0 unspecified atom stereocenters. The zero-order valence-electron chi connectivity index (χ0n) is 11.8. The Labute approximate surface area is 124 Å². The molecular formula is C17H19NO3. The molecule has 21 heavy (non-hydrogen) atoms. The molecule has 0 aromatic heterocycles. The number of aliphatic hydroxyl groups is 2. The van der Waals surface area contributed by atoms with Gasteiger partial charge in [-0.1, -0.05) is 30.3 Å². The minimum atomic E-state index is -0.0157. The molecule has 0 radical (unpaired) electrons. The smallest absolute Gasteiger partial charge is 0.193 e. The van der Waals surface area contributed by atoms with Crippen molar-refractivity contribution >= 4 is 11.5 Å². The molecule has 4 heteroatoms. The van der Waals surface area contributed by atoms with Crippen LogP contribution in [0.4, 0.5) is 5.69 Å². The van der Waals surface area contributed by atoms with E-state index in [4.69, 9.17) is 10.2 Å². The van der Waals surface area contributed by atoms with Crippen LogP contribution in [0.2, 0.25) is 0 Å². The topological polar surface area (TPSA) is 60.8 Å². The van der Waals surface area contributed by atoms with Crippen LogP contribution < -0.4 is 4.90 Å². The van der Waals surface area contributed by atoms with Crippen LogP contribution in [-0.4, -0.2) is 42.3 Å². The zero-order valence-corrected chi connectivity index (χ0v) is 11.8. The number of benzene rings is 2. The van der Waals surface area contributed by atoms with Crippen LogP contribution in [0.1, 0.15) is 15.9 Å². The highest BCUT2D eigenvalue weighted by Gasteiger charge is 2.10. The summed E-state index contributed by atoms with van der Waals surface area (Å²) in [5, 5.41) is 18.1. The van der Waals surface area contributed by atoms with Gasteiger partial charge >= 0.3 is 0 Å². The van der Waals surface area contributed by atoms with Crippen LogP contribution in [0.15, 0.2) is 54.6 Å². The van der Waals surface area contributed by atoms with Gasteiger partial charge in [0.05, 0.1) is 13.2 Å². The van der Waals surface area contributed by atoms with Gasteiger partial charge < -0.3 is 15.1 Å². The Morgan fingerprint density at radius 1 is 0.810 bits per heavy atom. The summed E-state index contributed by atoms with van der Waals surface area (Å²) in [6.07, 6.45) is 0. The molecule has 2 aromatic carbocycles. The van der Waals surface area contributed by atoms with Gasteiger partial charge in [-0.05, 0) is 24.3 Å². The minimum Gasteiger partial charge on any atom is -0.395 e. The Kier molecular flexibility index (Phi) is 5.49. The fraction of sp³-hybridized carbons (Fsp3) is 0.235. The molecule has 0 aliphatic carbocycles. The Morgan fingerprint density at radius 2 is 1.33 bits per heavy atom. The van der Waals surface area contributed by atoms with E-state index in [1.807, 2.05) is 35.2 Å². The largest absolute Gasteiger partial charge is 0.395 e. The molecule has 0 atom stereocenters. The summed E-state index contributed by atoms with van der Waals surface area (Å²) in [5.74, 6) is -0.0157. The Hall–Kier alpha value is -2.17. The average molecular weight is 285 g/mol. The quantitative estimate of drug-likeness (QED) is 0.760. The van der Waals surface area contributed by atoms with Gasteiger partial charge in [0.1, 0.15) is 0 Å². The predicted octanol–water partition coefficient (Wildman–Crippen LogP) is 1.71. The summed E-state index contributed by atoms with van der Waals surface area (Å²) in [6.45, 7) is 0.939. The van der Waals surface area contributed by atoms with E-state index in [2.05, 4.69) is 0 Å². The van der Waals surface area contributed by atoms with Crippen LogP contribution >= 0.6 is 0 Å². The number of aliphatic hydroxyl groups excluding tert-OH is 2. The van der Waals surface area contributed by atoms with Crippen molar-refractivity contribution in [1.29, 1.82) is 0 Å². The molecule has 0 amide bonds. The SMILES string of the molecule is O=C(c1ccccc1)c1ccc(N(CCO)CCO)cc1. The lowest BCUT2D eigenvalue weighted by atomic mass is 10.0. The first kappa shape index (κ1) is 15.2. The average Bonchev–Trinajstić information content (AvgIpc) is 2.55. The first-order valence-electron chi connectivity index (χ1n) is 6.92. The molecule has 2 rings (SSSR count). The summed E-state index contributed by atoms with van der Waals surface area (Å²) in [7, 11) is 0. The van der Waals surface area contributed by atoms with E-state index >= 15 is 0 Å². The second-order valence-corrected chi connectivity index (χ2v) is 4.68. The van der Waals surface area contributed by atoms with E-state index in [9.17, 15) is 4.79 Å². The molecule has 0 saturated heterocycles.